The highest BCUT2D eigenvalue weighted by Gasteiger charge is 2.30. The van der Waals surface area contributed by atoms with Crippen molar-refractivity contribution in [2.75, 3.05) is 0 Å². The zero-order valence-corrected chi connectivity index (χ0v) is 12.7. The predicted octanol–water partition coefficient (Wildman–Crippen LogP) is 3.11. The Morgan fingerprint density at radius 1 is 1.24 bits per heavy atom. The summed E-state index contributed by atoms with van der Waals surface area (Å²) in [5, 5.41) is 8.89. The van der Waals surface area contributed by atoms with Gasteiger partial charge in [0.1, 0.15) is 0 Å². The summed E-state index contributed by atoms with van der Waals surface area (Å²) >= 11 is 0. The van der Waals surface area contributed by atoms with Gasteiger partial charge in [-0.05, 0) is 50.3 Å². The Bertz CT molecular complexity index is 509. The van der Waals surface area contributed by atoms with Crippen LogP contribution in [-0.4, -0.2) is 34.0 Å². The number of carboxylic acid groups (broad SMARTS) is 1. The molecule has 0 spiro atoms. The van der Waals surface area contributed by atoms with Crippen molar-refractivity contribution in [2.24, 2.45) is 0 Å². The van der Waals surface area contributed by atoms with Gasteiger partial charge in [0, 0.05) is 12.1 Å². The molecule has 1 saturated heterocycles. The average molecular weight is 289 g/mol. The number of amides is 1. The summed E-state index contributed by atoms with van der Waals surface area (Å²) in [5.74, 6) is -0.791. The number of piperidine rings is 1. The summed E-state index contributed by atoms with van der Waals surface area (Å²) < 4.78 is 0. The van der Waals surface area contributed by atoms with Crippen LogP contribution in [0.25, 0.3) is 0 Å². The molecule has 0 aliphatic carbocycles. The highest BCUT2D eigenvalue weighted by Crippen LogP contribution is 2.25. The standard InChI is InChI=1S/C17H23NO3/c1-3-15-6-4-5-12(2)18(15)16(19)11-13-7-9-14(10-8-13)17(20)21/h7-10,12,15H,3-6,11H2,1-2H3,(H,20,21)/t12-,15+/m0/s1. The largest absolute Gasteiger partial charge is 0.478 e. The Labute approximate surface area is 125 Å². The van der Waals surface area contributed by atoms with Crippen molar-refractivity contribution in [3.05, 3.63) is 35.4 Å². The van der Waals surface area contributed by atoms with Gasteiger partial charge in [-0.15, -0.1) is 0 Å². The molecule has 1 aromatic rings. The van der Waals surface area contributed by atoms with Gasteiger partial charge in [0.25, 0.3) is 0 Å². The van der Waals surface area contributed by atoms with E-state index in [0.717, 1.165) is 24.8 Å². The van der Waals surface area contributed by atoms with Crippen LogP contribution in [0.1, 0.15) is 55.5 Å². The molecule has 1 aliphatic rings. The van der Waals surface area contributed by atoms with Crippen molar-refractivity contribution in [1.29, 1.82) is 0 Å². The molecule has 1 amide bonds. The minimum absolute atomic E-state index is 0.150. The first-order valence-electron chi connectivity index (χ1n) is 7.66. The van der Waals surface area contributed by atoms with Crippen molar-refractivity contribution in [3.63, 3.8) is 0 Å². The number of carbonyl (C=O) groups excluding carboxylic acids is 1. The fourth-order valence-electron chi connectivity index (χ4n) is 3.17. The monoisotopic (exact) mass is 289 g/mol. The molecule has 1 aromatic carbocycles. The lowest BCUT2D eigenvalue weighted by atomic mass is 9.94. The third-order valence-electron chi connectivity index (χ3n) is 4.34. The van der Waals surface area contributed by atoms with E-state index in [9.17, 15) is 9.59 Å². The highest BCUT2D eigenvalue weighted by molar-refractivity contribution is 5.87. The zero-order valence-electron chi connectivity index (χ0n) is 12.7. The summed E-state index contributed by atoms with van der Waals surface area (Å²) in [4.78, 5) is 25.4. The molecule has 4 heteroatoms. The van der Waals surface area contributed by atoms with Gasteiger partial charge >= 0.3 is 5.97 Å². The molecule has 4 nitrogen and oxygen atoms in total. The van der Waals surface area contributed by atoms with E-state index in [-0.39, 0.29) is 11.5 Å². The lowest BCUT2D eigenvalue weighted by Crippen LogP contribution is -2.49. The molecule has 0 aromatic heterocycles. The lowest BCUT2D eigenvalue weighted by molar-refractivity contribution is -0.137. The van der Waals surface area contributed by atoms with Crippen LogP contribution < -0.4 is 0 Å². The van der Waals surface area contributed by atoms with Gasteiger partial charge in [-0.25, -0.2) is 4.79 Å². The average Bonchev–Trinajstić information content (AvgIpc) is 2.47. The van der Waals surface area contributed by atoms with Gasteiger partial charge in [-0.2, -0.15) is 0 Å². The van der Waals surface area contributed by atoms with Crippen LogP contribution in [0.2, 0.25) is 0 Å². The summed E-state index contributed by atoms with van der Waals surface area (Å²) in [6.07, 6.45) is 4.69. The molecular formula is C17H23NO3. The number of nitrogens with zero attached hydrogens (tertiary/aromatic N) is 1. The zero-order chi connectivity index (χ0) is 15.4. The van der Waals surface area contributed by atoms with E-state index in [1.165, 1.54) is 6.42 Å². The number of aromatic carboxylic acids is 1. The lowest BCUT2D eigenvalue weighted by Gasteiger charge is -2.40. The minimum atomic E-state index is -0.941. The van der Waals surface area contributed by atoms with E-state index >= 15 is 0 Å². The number of hydrogen-bond donors (Lipinski definition) is 1. The van der Waals surface area contributed by atoms with Gasteiger partial charge in [-0.1, -0.05) is 19.1 Å². The molecule has 2 atom stereocenters. The fraction of sp³-hybridized carbons (Fsp3) is 0.529. The molecular weight excluding hydrogens is 266 g/mol. The van der Waals surface area contributed by atoms with Crippen LogP contribution >= 0.6 is 0 Å². The van der Waals surface area contributed by atoms with E-state index in [2.05, 4.69) is 13.8 Å². The molecule has 0 saturated carbocycles. The van der Waals surface area contributed by atoms with Crippen LogP contribution in [-0.2, 0) is 11.2 Å². The van der Waals surface area contributed by atoms with Crippen molar-refractivity contribution in [3.8, 4) is 0 Å². The molecule has 21 heavy (non-hydrogen) atoms. The molecule has 1 fully saturated rings. The minimum Gasteiger partial charge on any atom is -0.478 e. The predicted molar refractivity (Wildman–Crippen MR) is 81.3 cm³/mol. The third kappa shape index (κ3) is 3.63. The Morgan fingerprint density at radius 3 is 2.48 bits per heavy atom. The van der Waals surface area contributed by atoms with Crippen molar-refractivity contribution in [2.45, 2.75) is 58.0 Å². The van der Waals surface area contributed by atoms with Crippen molar-refractivity contribution < 1.29 is 14.7 Å². The first kappa shape index (κ1) is 15.5. The second-order valence-corrected chi connectivity index (χ2v) is 5.82. The molecule has 1 aliphatic heterocycles. The summed E-state index contributed by atoms with van der Waals surface area (Å²) in [6, 6.07) is 7.23. The normalized spacial score (nSPS) is 22.1. The molecule has 0 bridgehead atoms. The second kappa shape index (κ2) is 6.74. The highest BCUT2D eigenvalue weighted by atomic mass is 16.4. The van der Waals surface area contributed by atoms with Crippen LogP contribution in [0.15, 0.2) is 24.3 Å². The van der Waals surface area contributed by atoms with Gasteiger partial charge in [0.05, 0.1) is 12.0 Å². The first-order chi connectivity index (χ1) is 10.0. The maximum absolute atomic E-state index is 12.6. The van der Waals surface area contributed by atoms with Gasteiger partial charge in [0.2, 0.25) is 5.91 Å². The first-order valence-corrected chi connectivity index (χ1v) is 7.66. The van der Waals surface area contributed by atoms with Gasteiger partial charge < -0.3 is 10.0 Å². The van der Waals surface area contributed by atoms with Gasteiger partial charge in [0.15, 0.2) is 0 Å². The van der Waals surface area contributed by atoms with Crippen molar-refractivity contribution in [1.82, 2.24) is 4.90 Å². The van der Waals surface area contributed by atoms with E-state index in [0.29, 0.717) is 18.5 Å². The molecule has 114 valence electrons. The Kier molecular flexibility index (Phi) is 4.99. The third-order valence-corrected chi connectivity index (χ3v) is 4.34. The number of hydrogen-bond acceptors (Lipinski definition) is 2. The van der Waals surface area contributed by atoms with Crippen LogP contribution in [0, 0.1) is 0 Å². The molecule has 1 N–H and O–H groups in total. The number of carboxylic acids is 1. The topological polar surface area (TPSA) is 57.6 Å². The maximum atomic E-state index is 12.6. The molecule has 2 rings (SSSR count). The summed E-state index contributed by atoms with van der Waals surface area (Å²) in [5.41, 5.74) is 1.13. The second-order valence-electron chi connectivity index (χ2n) is 5.82. The summed E-state index contributed by atoms with van der Waals surface area (Å²) in [6.45, 7) is 4.25. The van der Waals surface area contributed by atoms with E-state index in [1.54, 1.807) is 24.3 Å². The number of likely N-dealkylation sites (tertiary alicyclic amines) is 1. The fourth-order valence-corrected chi connectivity index (χ4v) is 3.17. The number of carbonyl (C=O) groups is 2. The number of rotatable bonds is 4. The quantitative estimate of drug-likeness (QED) is 0.926. The van der Waals surface area contributed by atoms with Crippen LogP contribution in [0.5, 0.6) is 0 Å². The Balaban J connectivity index is 2.07. The molecule has 1 heterocycles. The van der Waals surface area contributed by atoms with Crippen LogP contribution in [0.3, 0.4) is 0 Å². The summed E-state index contributed by atoms with van der Waals surface area (Å²) in [7, 11) is 0. The maximum Gasteiger partial charge on any atom is 0.335 e. The van der Waals surface area contributed by atoms with Gasteiger partial charge in [-0.3, -0.25) is 4.79 Å². The molecule has 0 unspecified atom stereocenters. The van der Waals surface area contributed by atoms with Crippen molar-refractivity contribution >= 4 is 11.9 Å². The smallest absolute Gasteiger partial charge is 0.335 e. The van der Waals surface area contributed by atoms with Crippen LogP contribution in [0.4, 0.5) is 0 Å². The Hall–Kier alpha value is -1.84. The molecule has 0 radical (unpaired) electrons. The van der Waals surface area contributed by atoms with E-state index < -0.39 is 5.97 Å². The number of benzene rings is 1. The SMILES string of the molecule is CC[C@@H]1CCC[C@H](C)N1C(=O)Cc1ccc(C(=O)O)cc1. The van der Waals surface area contributed by atoms with E-state index in [1.807, 2.05) is 4.90 Å². The Morgan fingerprint density at radius 2 is 1.90 bits per heavy atom. The van der Waals surface area contributed by atoms with E-state index in [4.69, 9.17) is 5.11 Å².